The van der Waals surface area contributed by atoms with Gasteiger partial charge in [0.2, 0.25) is 0 Å². The molecule has 1 aromatic rings. The Morgan fingerprint density at radius 3 is 2.83 bits per heavy atom. The lowest BCUT2D eigenvalue weighted by molar-refractivity contribution is -0.0762. The normalized spacial score (nSPS) is 9.92. The van der Waals surface area contributed by atoms with Crippen LogP contribution in [0.4, 0.5) is 0 Å². The molecule has 0 spiro atoms. The molecule has 0 radical (unpaired) electrons. The maximum atomic E-state index is 11.3. The minimum Gasteiger partial charge on any atom is -0.361 e. The van der Waals surface area contributed by atoms with E-state index in [0.29, 0.717) is 5.76 Å². The molecule has 0 aliphatic rings. The summed E-state index contributed by atoms with van der Waals surface area (Å²) in [6, 6.07) is 1.55. The van der Waals surface area contributed by atoms with Crippen LogP contribution in [0.1, 0.15) is 16.2 Å². The lowest BCUT2D eigenvalue weighted by atomic mass is 10.3. The molecule has 12 heavy (non-hydrogen) atoms. The van der Waals surface area contributed by atoms with Crippen molar-refractivity contribution in [1.82, 2.24) is 10.2 Å². The van der Waals surface area contributed by atoms with Crippen molar-refractivity contribution in [3.05, 3.63) is 17.5 Å². The van der Waals surface area contributed by atoms with Crippen molar-refractivity contribution < 1.29 is 14.2 Å². The number of rotatable bonds is 2. The number of aromatic nitrogens is 1. The Bertz CT molecular complexity index is 282. The summed E-state index contributed by atoms with van der Waals surface area (Å²) >= 11 is 0. The predicted octanol–water partition coefficient (Wildman–Crippen LogP) is 0.616. The van der Waals surface area contributed by atoms with E-state index < -0.39 is 0 Å². The molecule has 0 aliphatic heterocycles. The molecule has 1 aromatic heterocycles. The number of carbonyl (C=O) groups is 1. The molecule has 0 bridgehead atoms. The third kappa shape index (κ3) is 1.62. The van der Waals surface area contributed by atoms with E-state index in [1.165, 1.54) is 14.2 Å². The molecule has 0 aromatic carbocycles. The van der Waals surface area contributed by atoms with E-state index >= 15 is 0 Å². The van der Waals surface area contributed by atoms with Crippen LogP contribution in [-0.2, 0) is 4.84 Å². The summed E-state index contributed by atoms with van der Waals surface area (Å²) < 4.78 is 4.73. The number of carbonyl (C=O) groups excluding carboxylic acids is 1. The Hall–Kier alpha value is -1.36. The van der Waals surface area contributed by atoms with Crippen molar-refractivity contribution >= 4 is 5.91 Å². The van der Waals surface area contributed by atoms with Crippen LogP contribution in [0, 0.1) is 6.92 Å². The van der Waals surface area contributed by atoms with E-state index in [1.807, 2.05) is 0 Å². The highest BCUT2D eigenvalue weighted by molar-refractivity contribution is 5.91. The SMILES string of the molecule is CON(C)C(=O)c1cc(C)on1. The Balaban J connectivity index is 2.78. The van der Waals surface area contributed by atoms with Crippen molar-refractivity contribution in [3.63, 3.8) is 0 Å². The average molecular weight is 170 g/mol. The van der Waals surface area contributed by atoms with Gasteiger partial charge >= 0.3 is 0 Å². The van der Waals surface area contributed by atoms with Crippen LogP contribution in [0.5, 0.6) is 0 Å². The summed E-state index contributed by atoms with van der Waals surface area (Å²) in [6.07, 6.45) is 0. The largest absolute Gasteiger partial charge is 0.361 e. The van der Waals surface area contributed by atoms with Gasteiger partial charge in [0, 0.05) is 13.1 Å². The molecule has 0 fully saturated rings. The molecule has 0 unspecified atom stereocenters. The highest BCUT2D eigenvalue weighted by atomic mass is 16.7. The topological polar surface area (TPSA) is 55.6 Å². The van der Waals surface area contributed by atoms with Crippen molar-refractivity contribution in [2.75, 3.05) is 14.2 Å². The van der Waals surface area contributed by atoms with E-state index in [-0.39, 0.29) is 11.6 Å². The van der Waals surface area contributed by atoms with Gasteiger partial charge in [0.15, 0.2) is 5.69 Å². The number of aryl methyl sites for hydroxylation is 1. The fourth-order valence-corrected chi connectivity index (χ4v) is 0.711. The average Bonchev–Trinajstić information content (AvgIpc) is 2.49. The van der Waals surface area contributed by atoms with E-state index in [4.69, 9.17) is 4.52 Å². The first-order valence-corrected chi connectivity index (χ1v) is 3.40. The van der Waals surface area contributed by atoms with Crippen LogP contribution in [-0.4, -0.2) is 30.3 Å². The molecule has 0 atom stereocenters. The molecule has 1 amide bonds. The molecule has 5 nitrogen and oxygen atoms in total. The first-order valence-electron chi connectivity index (χ1n) is 3.40. The van der Waals surface area contributed by atoms with E-state index in [0.717, 1.165) is 5.06 Å². The minimum atomic E-state index is -0.325. The van der Waals surface area contributed by atoms with E-state index in [1.54, 1.807) is 13.0 Å². The van der Waals surface area contributed by atoms with Crippen LogP contribution in [0.2, 0.25) is 0 Å². The minimum absolute atomic E-state index is 0.247. The standard InChI is InChI=1S/C7H10N2O3/c1-5-4-6(8-12-5)7(10)9(2)11-3/h4H,1-3H3. The fraction of sp³-hybridized carbons (Fsp3) is 0.429. The molecule has 66 valence electrons. The molecule has 0 aliphatic carbocycles. The summed E-state index contributed by atoms with van der Waals surface area (Å²) in [4.78, 5) is 15.9. The van der Waals surface area contributed by atoms with Crippen LogP contribution in [0.3, 0.4) is 0 Å². The van der Waals surface area contributed by atoms with Gasteiger partial charge in [-0.25, -0.2) is 5.06 Å². The molecule has 0 saturated carbocycles. The van der Waals surface area contributed by atoms with Gasteiger partial charge in [-0.05, 0) is 6.92 Å². The van der Waals surface area contributed by atoms with Gasteiger partial charge in [0.1, 0.15) is 5.76 Å². The second kappa shape index (κ2) is 3.36. The third-order valence-electron chi connectivity index (χ3n) is 1.41. The van der Waals surface area contributed by atoms with Crippen molar-refractivity contribution in [3.8, 4) is 0 Å². The van der Waals surface area contributed by atoms with Gasteiger partial charge in [0.25, 0.3) is 5.91 Å². The first kappa shape index (κ1) is 8.73. The lowest BCUT2D eigenvalue weighted by Gasteiger charge is -2.10. The van der Waals surface area contributed by atoms with Gasteiger partial charge in [-0.3, -0.25) is 9.63 Å². The predicted molar refractivity (Wildman–Crippen MR) is 40.3 cm³/mol. The Kier molecular flexibility index (Phi) is 2.44. The maximum Gasteiger partial charge on any atom is 0.299 e. The van der Waals surface area contributed by atoms with Crippen molar-refractivity contribution in [2.24, 2.45) is 0 Å². The number of nitrogens with zero attached hydrogens (tertiary/aromatic N) is 2. The van der Waals surface area contributed by atoms with Crippen molar-refractivity contribution in [1.29, 1.82) is 0 Å². The molecular formula is C7H10N2O3. The van der Waals surface area contributed by atoms with Gasteiger partial charge in [0.05, 0.1) is 7.11 Å². The maximum absolute atomic E-state index is 11.3. The third-order valence-corrected chi connectivity index (χ3v) is 1.41. The zero-order valence-electron chi connectivity index (χ0n) is 7.20. The summed E-state index contributed by atoms with van der Waals surface area (Å²) in [6.45, 7) is 1.72. The zero-order chi connectivity index (χ0) is 9.14. The van der Waals surface area contributed by atoms with Gasteiger partial charge in [-0.15, -0.1) is 0 Å². The molecule has 1 rings (SSSR count). The monoisotopic (exact) mass is 170 g/mol. The summed E-state index contributed by atoms with van der Waals surface area (Å²) in [7, 11) is 2.91. The summed E-state index contributed by atoms with van der Waals surface area (Å²) in [5.74, 6) is 0.275. The highest BCUT2D eigenvalue weighted by Crippen LogP contribution is 2.04. The fourth-order valence-electron chi connectivity index (χ4n) is 0.711. The van der Waals surface area contributed by atoms with Crippen molar-refractivity contribution in [2.45, 2.75) is 6.92 Å². The smallest absolute Gasteiger partial charge is 0.299 e. The lowest BCUT2D eigenvalue weighted by Crippen LogP contribution is -2.25. The van der Waals surface area contributed by atoms with E-state index in [9.17, 15) is 4.79 Å². The van der Waals surface area contributed by atoms with Crippen LogP contribution >= 0.6 is 0 Å². The van der Waals surface area contributed by atoms with Crippen LogP contribution in [0.15, 0.2) is 10.6 Å². The Morgan fingerprint density at radius 1 is 1.75 bits per heavy atom. The number of amides is 1. The van der Waals surface area contributed by atoms with Crippen LogP contribution in [0.25, 0.3) is 0 Å². The summed E-state index contributed by atoms with van der Waals surface area (Å²) in [5.41, 5.74) is 0.247. The highest BCUT2D eigenvalue weighted by Gasteiger charge is 2.14. The Morgan fingerprint density at radius 2 is 2.42 bits per heavy atom. The number of hydrogen-bond acceptors (Lipinski definition) is 4. The second-order valence-corrected chi connectivity index (χ2v) is 2.31. The molecule has 1 heterocycles. The van der Waals surface area contributed by atoms with Gasteiger partial charge < -0.3 is 4.52 Å². The zero-order valence-corrected chi connectivity index (χ0v) is 7.20. The summed E-state index contributed by atoms with van der Waals surface area (Å²) in [5, 5.41) is 4.62. The molecular weight excluding hydrogens is 160 g/mol. The van der Waals surface area contributed by atoms with E-state index in [2.05, 4.69) is 9.99 Å². The van der Waals surface area contributed by atoms with Crippen LogP contribution < -0.4 is 0 Å². The number of hydroxylamine groups is 2. The number of hydrogen-bond donors (Lipinski definition) is 0. The molecule has 5 heteroatoms. The molecule has 0 saturated heterocycles. The van der Waals surface area contributed by atoms with Gasteiger partial charge in [-0.2, -0.15) is 0 Å². The molecule has 0 N–H and O–H groups in total. The quantitative estimate of drug-likeness (QED) is 0.610. The Labute approximate surface area is 69.8 Å². The van der Waals surface area contributed by atoms with Gasteiger partial charge in [-0.1, -0.05) is 5.16 Å². The first-order chi connectivity index (χ1) is 5.65. The second-order valence-electron chi connectivity index (χ2n) is 2.31.